The van der Waals surface area contributed by atoms with Crippen molar-refractivity contribution in [2.75, 3.05) is 40.9 Å². The number of carbonyl (C=O) groups is 1. The third-order valence-electron chi connectivity index (χ3n) is 16.6. The van der Waals surface area contributed by atoms with Crippen LogP contribution >= 0.6 is 7.82 Å². The van der Waals surface area contributed by atoms with E-state index < -0.39 is 20.0 Å². The van der Waals surface area contributed by atoms with Crippen LogP contribution in [-0.2, 0) is 18.4 Å². The predicted octanol–water partition coefficient (Wildman–Crippen LogP) is 23.0. The largest absolute Gasteiger partial charge is 0.472 e. The van der Waals surface area contributed by atoms with Gasteiger partial charge in [0.1, 0.15) is 13.2 Å². The van der Waals surface area contributed by atoms with Crippen LogP contribution in [0, 0.1) is 0 Å². The normalized spacial score (nSPS) is 13.9. The zero-order valence-corrected chi connectivity index (χ0v) is 56.4. The first-order valence-corrected chi connectivity index (χ1v) is 37.5. The molecule has 0 aliphatic carbocycles. The molecule has 1 amide bonds. The molecular formula is C73H142N2O6P+. The van der Waals surface area contributed by atoms with Crippen LogP contribution in [0.15, 0.2) is 48.6 Å². The molecule has 8 nitrogen and oxygen atoms in total. The highest BCUT2D eigenvalue weighted by Gasteiger charge is 2.28. The number of carbonyl (C=O) groups excluding carboxylic acids is 1. The lowest BCUT2D eigenvalue weighted by Crippen LogP contribution is -2.46. The van der Waals surface area contributed by atoms with Crippen molar-refractivity contribution in [1.29, 1.82) is 0 Å². The van der Waals surface area contributed by atoms with Crippen molar-refractivity contribution in [2.45, 2.75) is 373 Å². The van der Waals surface area contributed by atoms with Gasteiger partial charge in [0.15, 0.2) is 0 Å². The van der Waals surface area contributed by atoms with Gasteiger partial charge in [0.25, 0.3) is 0 Å². The highest BCUT2D eigenvalue weighted by atomic mass is 31.2. The second-order valence-electron chi connectivity index (χ2n) is 25.9. The Hall–Kier alpha value is -1.54. The fourth-order valence-corrected chi connectivity index (χ4v) is 11.8. The molecule has 484 valence electrons. The monoisotopic (exact) mass is 1170 g/mol. The molecule has 0 radical (unpaired) electrons. The lowest BCUT2D eigenvalue weighted by atomic mass is 10.0. The standard InChI is InChI=1S/C73H141N2O6P/c1-6-8-10-12-14-16-18-20-22-24-26-28-30-32-34-36-37-39-41-43-45-47-49-51-53-55-57-59-61-63-65-67-73(77)74-71(70-81-82(78,79)80-69-68-75(3,4)5)72(76)66-64-62-60-58-56-54-52-50-48-46-44-42-40-38-35-33-31-29-27-25-23-21-19-17-15-13-11-9-7-2/h8,10,14,16,20,22,26,28,71-72,76H,6-7,9,11-13,15,17-19,21,23-25,27,29-70H2,1-5H3,(H-,74,77,78,79)/p+1/b10-8-,16-14-,22-20-,28-26-. The summed E-state index contributed by atoms with van der Waals surface area (Å²) in [4.78, 5) is 23.5. The van der Waals surface area contributed by atoms with Crippen molar-refractivity contribution in [3.63, 3.8) is 0 Å². The molecule has 0 aromatic rings. The van der Waals surface area contributed by atoms with Gasteiger partial charge in [-0.2, -0.15) is 0 Å². The smallest absolute Gasteiger partial charge is 0.391 e. The van der Waals surface area contributed by atoms with Gasteiger partial charge in [-0.15, -0.1) is 0 Å². The summed E-state index contributed by atoms with van der Waals surface area (Å²) < 4.78 is 23.9. The molecule has 82 heavy (non-hydrogen) atoms. The predicted molar refractivity (Wildman–Crippen MR) is 360 cm³/mol. The maximum Gasteiger partial charge on any atom is 0.472 e. The van der Waals surface area contributed by atoms with Crippen molar-refractivity contribution >= 4 is 13.7 Å². The summed E-state index contributed by atoms with van der Waals surface area (Å²) in [5, 5.41) is 14.2. The molecule has 0 aromatic carbocycles. The second-order valence-corrected chi connectivity index (χ2v) is 27.4. The number of allylic oxidation sites excluding steroid dienone is 8. The van der Waals surface area contributed by atoms with E-state index in [0.717, 1.165) is 64.2 Å². The Kier molecular flexibility index (Phi) is 62.7. The molecule has 0 rings (SSSR count). The van der Waals surface area contributed by atoms with Crippen LogP contribution in [0.3, 0.4) is 0 Å². The van der Waals surface area contributed by atoms with Gasteiger partial charge in [-0.05, 0) is 51.4 Å². The number of hydrogen-bond donors (Lipinski definition) is 3. The van der Waals surface area contributed by atoms with E-state index in [1.165, 1.54) is 270 Å². The summed E-state index contributed by atoms with van der Waals surface area (Å²) in [5.41, 5.74) is 0. The molecule has 0 aliphatic heterocycles. The average Bonchev–Trinajstić information content (AvgIpc) is 3.47. The number of nitrogens with zero attached hydrogens (tertiary/aromatic N) is 1. The van der Waals surface area contributed by atoms with Crippen LogP contribution in [0.25, 0.3) is 0 Å². The van der Waals surface area contributed by atoms with Crippen LogP contribution in [0.4, 0.5) is 0 Å². The van der Waals surface area contributed by atoms with Crippen molar-refractivity contribution in [3.8, 4) is 0 Å². The molecule has 0 bridgehead atoms. The number of hydrogen-bond acceptors (Lipinski definition) is 5. The molecule has 3 unspecified atom stereocenters. The summed E-state index contributed by atoms with van der Waals surface area (Å²) >= 11 is 0. The molecule has 3 N–H and O–H groups in total. The van der Waals surface area contributed by atoms with Gasteiger partial charge in [-0.25, -0.2) is 4.57 Å². The van der Waals surface area contributed by atoms with E-state index in [2.05, 4.69) is 67.8 Å². The van der Waals surface area contributed by atoms with E-state index >= 15 is 0 Å². The van der Waals surface area contributed by atoms with E-state index in [0.29, 0.717) is 23.9 Å². The Morgan fingerprint density at radius 3 is 1.07 bits per heavy atom. The van der Waals surface area contributed by atoms with E-state index in [1.807, 2.05) is 21.1 Å². The molecule has 0 aromatic heterocycles. The Balaban J connectivity index is 3.99. The summed E-state index contributed by atoms with van der Waals surface area (Å²) in [6.45, 7) is 4.83. The molecular weight excluding hydrogens is 1030 g/mol. The second kappa shape index (κ2) is 63.9. The zero-order valence-electron chi connectivity index (χ0n) is 55.5. The third-order valence-corrected chi connectivity index (χ3v) is 17.6. The van der Waals surface area contributed by atoms with Crippen LogP contribution in [0.1, 0.15) is 361 Å². The quantitative estimate of drug-likeness (QED) is 0.0243. The fraction of sp³-hybridized carbons (Fsp3) is 0.877. The number of aliphatic hydroxyl groups excluding tert-OH is 1. The van der Waals surface area contributed by atoms with Crippen LogP contribution in [-0.4, -0.2) is 73.4 Å². The van der Waals surface area contributed by atoms with Crippen molar-refractivity contribution in [1.82, 2.24) is 5.32 Å². The minimum Gasteiger partial charge on any atom is -0.391 e. The number of likely N-dealkylation sites (N-methyl/N-ethyl adjacent to an activating group) is 1. The molecule has 0 saturated heterocycles. The number of unbranched alkanes of at least 4 members (excludes halogenated alkanes) is 46. The maximum absolute atomic E-state index is 13.1. The zero-order chi connectivity index (χ0) is 59.8. The molecule has 0 fully saturated rings. The van der Waals surface area contributed by atoms with Crippen molar-refractivity contribution in [3.05, 3.63) is 48.6 Å². The number of aliphatic hydroxyl groups is 1. The lowest BCUT2D eigenvalue weighted by molar-refractivity contribution is -0.870. The summed E-state index contributed by atoms with van der Waals surface area (Å²) in [6.07, 6.45) is 86.5. The maximum atomic E-state index is 13.1. The molecule has 0 saturated carbocycles. The number of amides is 1. The highest BCUT2D eigenvalue weighted by molar-refractivity contribution is 7.47. The fourth-order valence-electron chi connectivity index (χ4n) is 11.0. The van der Waals surface area contributed by atoms with Gasteiger partial charge < -0.3 is 19.8 Å². The Morgan fingerprint density at radius 1 is 0.427 bits per heavy atom. The van der Waals surface area contributed by atoms with Crippen LogP contribution in [0.2, 0.25) is 0 Å². The Morgan fingerprint density at radius 2 is 0.732 bits per heavy atom. The van der Waals surface area contributed by atoms with Gasteiger partial charge in [-0.1, -0.05) is 351 Å². The number of phosphoric acid groups is 1. The minimum absolute atomic E-state index is 0.0760. The first-order valence-electron chi connectivity index (χ1n) is 36.0. The molecule has 9 heteroatoms. The van der Waals surface area contributed by atoms with E-state index in [-0.39, 0.29) is 19.1 Å². The first kappa shape index (κ1) is 80.5. The number of quaternary nitrogens is 1. The molecule has 0 spiro atoms. The number of phosphoric ester groups is 1. The van der Waals surface area contributed by atoms with Gasteiger partial charge in [0, 0.05) is 6.42 Å². The van der Waals surface area contributed by atoms with E-state index in [1.54, 1.807) is 0 Å². The lowest BCUT2D eigenvalue weighted by Gasteiger charge is -2.26. The first-order chi connectivity index (χ1) is 40.0. The third kappa shape index (κ3) is 66.0. The van der Waals surface area contributed by atoms with Gasteiger partial charge >= 0.3 is 7.82 Å². The Labute approximate surface area is 511 Å². The van der Waals surface area contributed by atoms with Gasteiger partial charge in [0.2, 0.25) is 5.91 Å². The van der Waals surface area contributed by atoms with Crippen LogP contribution in [0.5, 0.6) is 0 Å². The summed E-state index contributed by atoms with van der Waals surface area (Å²) in [5.74, 6) is -0.138. The summed E-state index contributed by atoms with van der Waals surface area (Å²) in [6, 6.07) is -0.762. The van der Waals surface area contributed by atoms with E-state index in [9.17, 15) is 19.4 Å². The van der Waals surface area contributed by atoms with Crippen molar-refractivity contribution < 1.29 is 32.9 Å². The average molecular weight is 1170 g/mol. The topological polar surface area (TPSA) is 105 Å². The summed E-state index contributed by atoms with van der Waals surface area (Å²) in [7, 11) is 1.63. The van der Waals surface area contributed by atoms with Gasteiger partial charge in [0.05, 0.1) is 39.9 Å². The molecule has 3 atom stereocenters. The highest BCUT2D eigenvalue weighted by Crippen LogP contribution is 2.43. The number of nitrogens with one attached hydrogen (secondary N) is 1. The SMILES string of the molecule is CC/C=C\C/C=C\C/C=C\C/C=C\CCCCCCCCCCCCCCCCCCCCC(=O)NC(COP(=O)(O)OCC[N+](C)(C)C)C(O)CCCCCCCCCCCCCCCCCCCCCCCCCCCCCCC. The molecule has 0 aliphatic rings. The molecule has 0 heterocycles. The van der Waals surface area contributed by atoms with Gasteiger partial charge in [-0.3, -0.25) is 13.8 Å². The number of rotatable bonds is 67. The van der Waals surface area contributed by atoms with Crippen LogP contribution < -0.4 is 5.32 Å². The minimum atomic E-state index is -4.33. The Bertz CT molecular complexity index is 1480. The van der Waals surface area contributed by atoms with E-state index in [4.69, 9.17) is 9.05 Å². The van der Waals surface area contributed by atoms with Crippen molar-refractivity contribution in [2.24, 2.45) is 0 Å².